The van der Waals surface area contributed by atoms with Crippen LogP contribution in [0.5, 0.6) is 0 Å². The number of hydrogen-bond acceptors (Lipinski definition) is 3. The van der Waals surface area contributed by atoms with Crippen molar-refractivity contribution in [2.24, 2.45) is 0 Å². The Bertz CT molecular complexity index is 837. The Hall–Kier alpha value is -0.390. The van der Waals surface area contributed by atoms with E-state index in [2.05, 4.69) is 0 Å². The van der Waals surface area contributed by atoms with Crippen molar-refractivity contribution in [1.29, 1.82) is 0 Å². The zero-order valence-corrected chi connectivity index (χ0v) is 18.5. The van der Waals surface area contributed by atoms with Gasteiger partial charge in [0.1, 0.15) is 10.1 Å². The molecule has 0 atom stereocenters. The first-order valence-electron chi connectivity index (χ1n) is 8.11. The first-order valence-corrected chi connectivity index (χ1v) is 9.52. The van der Waals surface area contributed by atoms with Crippen molar-refractivity contribution >= 4 is 20.9 Å². The van der Waals surface area contributed by atoms with Gasteiger partial charge in [-0.25, -0.2) is 8.42 Å². The van der Waals surface area contributed by atoms with Crippen molar-refractivity contribution in [2.45, 2.75) is 64.2 Å². The molecule has 0 aliphatic rings. The Labute approximate surface area is 167 Å². The van der Waals surface area contributed by atoms with Gasteiger partial charge in [-0.15, -0.1) is 0 Å². The van der Waals surface area contributed by atoms with Gasteiger partial charge in [0.2, 0.25) is 0 Å². The van der Waals surface area contributed by atoms with E-state index in [0.717, 1.165) is 16.3 Å². The van der Waals surface area contributed by atoms with Crippen LogP contribution in [0.2, 0.25) is 0 Å². The van der Waals surface area contributed by atoms with Crippen LogP contribution in [-0.4, -0.2) is 13.0 Å². The SMILES string of the molecule is CC(C)c1c(S(=O)(=O)[O-])c(C(C)C)c2ccccc2c1C(C)C.[Na+]. The molecule has 24 heavy (non-hydrogen) atoms. The van der Waals surface area contributed by atoms with Gasteiger partial charge in [-0.3, -0.25) is 0 Å². The van der Waals surface area contributed by atoms with Gasteiger partial charge in [0.25, 0.3) is 0 Å². The summed E-state index contributed by atoms with van der Waals surface area (Å²) in [4.78, 5) is 0.00454. The predicted octanol–water partition coefficient (Wildman–Crippen LogP) is 2.12. The standard InChI is InChI=1S/C19H26O3S.Na/c1-11(2)16-14-9-7-8-10-15(14)17(12(3)4)19(23(20,21)22)18(16)13(5)6;/h7-13H,1-6H3,(H,20,21,22);/q;+1/p-1. The van der Waals surface area contributed by atoms with Gasteiger partial charge >= 0.3 is 29.6 Å². The second kappa shape index (κ2) is 7.88. The van der Waals surface area contributed by atoms with Gasteiger partial charge in [-0.2, -0.15) is 0 Å². The fraction of sp³-hybridized carbons (Fsp3) is 0.474. The largest absolute Gasteiger partial charge is 1.00 e. The van der Waals surface area contributed by atoms with E-state index >= 15 is 0 Å². The molecule has 2 aromatic carbocycles. The maximum Gasteiger partial charge on any atom is 1.00 e. The van der Waals surface area contributed by atoms with E-state index in [1.165, 1.54) is 0 Å². The minimum Gasteiger partial charge on any atom is -0.744 e. The Morgan fingerprint density at radius 2 is 1.12 bits per heavy atom. The minimum atomic E-state index is -4.55. The van der Waals surface area contributed by atoms with E-state index in [1.54, 1.807) is 0 Å². The maximum absolute atomic E-state index is 12.1. The van der Waals surface area contributed by atoms with Crippen LogP contribution < -0.4 is 29.6 Å². The zero-order chi connectivity index (χ0) is 17.5. The third-order valence-electron chi connectivity index (χ3n) is 4.27. The van der Waals surface area contributed by atoms with E-state index in [-0.39, 0.29) is 52.2 Å². The van der Waals surface area contributed by atoms with Crippen LogP contribution in [0, 0.1) is 0 Å². The molecule has 2 aromatic rings. The average molecular weight is 356 g/mol. The summed E-state index contributed by atoms with van der Waals surface area (Å²) in [5.41, 5.74) is 2.33. The van der Waals surface area contributed by atoms with Crippen molar-refractivity contribution in [3.8, 4) is 0 Å². The molecule has 0 saturated heterocycles. The third kappa shape index (κ3) is 3.88. The van der Waals surface area contributed by atoms with Crippen LogP contribution in [0.1, 0.15) is 76.0 Å². The molecule has 0 N–H and O–H groups in total. The van der Waals surface area contributed by atoms with Crippen LogP contribution in [0.3, 0.4) is 0 Å². The number of rotatable bonds is 4. The summed E-state index contributed by atoms with van der Waals surface area (Å²) in [6, 6.07) is 7.82. The summed E-state index contributed by atoms with van der Waals surface area (Å²) in [6.45, 7) is 11.9. The molecular formula is C19H25NaO3S. The Kier molecular flexibility index (Phi) is 7.11. The van der Waals surface area contributed by atoms with Gasteiger partial charge in [-0.05, 0) is 45.2 Å². The van der Waals surface area contributed by atoms with Gasteiger partial charge < -0.3 is 4.55 Å². The second-order valence-corrected chi connectivity index (χ2v) is 8.35. The summed E-state index contributed by atoms with van der Waals surface area (Å²) in [6.07, 6.45) is 0. The van der Waals surface area contributed by atoms with E-state index in [0.29, 0.717) is 11.1 Å². The van der Waals surface area contributed by atoms with Crippen molar-refractivity contribution in [3.63, 3.8) is 0 Å². The molecule has 0 bridgehead atoms. The van der Waals surface area contributed by atoms with Gasteiger partial charge in [0.15, 0.2) is 0 Å². The molecule has 0 heterocycles. The van der Waals surface area contributed by atoms with E-state index < -0.39 is 10.1 Å². The molecule has 2 rings (SSSR count). The van der Waals surface area contributed by atoms with Crippen LogP contribution in [0.4, 0.5) is 0 Å². The summed E-state index contributed by atoms with van der Waals surface area (Å²) in [5, 5.41) is 1.94. The van der Waals surface area contributed by atoms with E-state index in [1.807, 2.05) is 65.8 Å². The van der Waals surface area contributed by atoms with Crippen molar-refractivity contribution in [3.05, 3.63) is 41.0 Å². The smallest absolute Gasteiger partial charge is 0.744 e. The molecule has 5 heteroatoms. The summed E-state index contributed by atoms with van der Waals surface area (Å²) < 4.78 is 36.4. The van der Waals surface area contributed by atoms with Crippen LogP contribution in [0.25, 0.3) is 10.8 Å². The fourth-order valence-electron chi connectivity index (χ4n) is 3.53. The second-order valence-electron chi connectivity index (χ2n) is 7.03. The molecule has 0 amide bonds. The van der Waals surface area contributed by atoms with Crippen molar-refractivity contribution in [1.82, 2.24) is 0 Å². The Balaban J connectivity index is 0.00000288. The number of benzene rings is 2. The quantitative estimate of drug-likeness (QED) is 0.623. The molecule has 0 radical (unpaired) electrons. The van der Waals surface area contributed by atoms with E-state index in [9.17, 15) is 13.0 Å². The molecule has 0 aliphatic carbocycles. The normalized spacial score (nSPS) is 12.2. The third-order valence-corrected chi connectivity index (χ3v) is 5.21. The first kappa shape index (κ1) is 21.7. The van der Waals surface area contributed by atoms with Gasteiger partial charge in [0, 0.05) is 0 Å². The summed E-state index contributed by atoms with van der Waals surface area (Å²) in [5.74, 6) is 0.0598. The number of fused-ring (bicyclic) bond motifs is 1. The Morgan fingerprint density at radius 1 is 0.750 bits per heavy atom. The molecule has 0 spiro atoms. The summed E-state index contributed by atoms with van der Waals surface area (Å²) >= 11 is 0. The molecule has 0 saturated carbocycles. The average Bonchev–Trinajstić information content (AvgIpc) is 2.42. The van der Waals surface area contributed by atoms with E-state index in [4.69, 9.17) is 0 Å². The minimum absolute atomic E-state index is 0. The molecule has 0 aliphatic heterocycles. The van der Waals surface area contributed by atoms with Crippen molar-refractivity contribution in [2.75, 3.05) is 0 Å². The first-order chi connectivity index (χ1) is 10.6. The van der Waals surface area contributed by atoms with Crippen LogP contribution in [-0.2, 0) is 10.1 Å². The van der Waals surface area contributed by atoms with Crippen LogP contribution >= 0.6 is 0 Å². The molecule has 3 nitrogen and oxygen atoms in total. The van der Waals surface area contributed by atoms with Crippen LogP contribution in [0.15, 0.2) is 29.2 Å². The van der Waals surface area contributed by atoms with Crippen molar-refractivity contribution < 1.29 is 42.5 Å². The Morgan fingerprint density at radius 3 is 1.46 bits per heavy atom. The van der Waals surface area contributed by atoms with Gasteiger partial charge in [-0.1, -0.05) is 65.8 Å². The summed E-state index contributed by atoms with van der Waals surface area (Å²) in [7, 11) is -4.55. The van der Waals surface area contributed by atoms with Gasteiger partial charge in [0.05, 0.1) is 4.90 Å². The topological polar surface area (TPSA) is 57.2 Å². The maximum atomic E-state index is 12.1. The predicted molar refractivity (Wildman–Crippen MR) is 94.2 cm³/mol. The molecule has 0 unspecified atom stereocenters. The fourth-order valence-corrected chi connectivity index (χ4v) is 4.76. The molecule has 0 fully saturated rings. The molecule has 0 aromatic heterocycles. The number of hydrogen-bond donors (Lipinski definition) is 0. The molecular weight excluding hydrogens is 331 g/mol. The molecule has 126 valence electrons. The monoisotopic (exact) mass is 356 g/mol. The zero-order valence-electron chi connectivity index (χ0n) is 15.7.